The van der Waals surface area contributed by atoms with Crippen LogP contribution in [0, 0.1) is 5.92 Å². The topological polar surface area (TPSA) is 28.4 Å². The second-order valence-corrected chi connectivity index (χ2v) is 5.92. The summed E-state index contributed by atoms with van der Waals surface area (Å²) in [5.41, 5.74) is 0. The molecule has 1 atom stereocenters. The van der Waals surface area contributed by atoms with E-state index in [4.69, 9.17) is 4.42 Å². The Bertz CT molecular complexity index is 323. The molecule has 17 heavy (non-hydrogen) atoms. The van der Waals surface area contributed by atoms with E-state index in [0.717, 1.165) is 29.2 Å². The Labute approximate surface area is 113 Å². The van der Waals surface area contributed by atoms with Crippen LogP contribution < -0.4 is 5.32 Å². The zero-order valence-corrected chi connectivity index (χ0v) is 12.8. The average molecular weight is 303 g/mol. The zero-order valence-electron chi connectivity index (χ0n) is 11.2. The summed E-state index contributed by atoms with van der Waals surface area (Å²) in [6, 6.07) is 2.50. The van der Waals surface area contributed by atoms with Crippen LogP contribution in [0.2, 0.25) is 0 Å². The summed E-state index contributed by atoms with van der Waals surface area (Å²) < 4.78 is 6.40. The van der Waals surface area contributed by atoms with Gasteiger partial charge in [-0.3, -0.25) is 0 Å². The third-order valence-electron chi connectivity index (χ3n) is 2.83. The van der Waals surface area contributed by atoms with E-state index in [1.54, 1.807) is 6.26 Å². The molecule has 0 aliphatic heterocycles. The van der Waals surface area contributed by atoms with E-state index < -0.39 is 0 Å². The van der Waals surface area contributed by atoms with E-state index in [0.29, 0.717) is 6.04 Å². The molecule has 0 aliphatic rings. The van der Waals surface area contributed by atoms with E-state index in [2.05, 4.69) is 54.1 Å². The van der Waals surface area contributed by atoms with Crippen LogP contribution in [0.5, 0.6) is 0 Å². The molecule has 0 saturated heterocycles. The number of nitrogens with zero attached hydrogens (tertiary/aromatic N) is 1. The van der Waals surface area contributed by atoms with Crippen LogP contribution in [0.25, 0.3) is 0 Å². The SMILES string of the molecule is CC(C)CC(CNCc1occc1Br)N(C)C. The Kier molecular flexibility index (Phi) is 6.23. The first-order valence-electron chi connectivity index (χ1n) is 6.09. The normalized spacial score (nSPS) is 13.6. The first-order chi connectivity index (χ1) is 8.00. The maximum atomic E-state index is 5.36. The maximum Gasteiger partial charge on any atom is 0.131 e. The lowest BCUT2D eigenvalue weighted by atomic mass is 10.0. The van der Waals surface area contributed by atoms with Crippen molar-refractivity contribution < 1.29 is 4.42 Å². The van der Waals surface area contributed by atoms with Crippen LogP contribution in [-0.2, 0) is 6.54 Å². The van der Waals surface area contributed by atoms with Gasteiger partial charge in [0.05, 0.1) is 17.3 Å². The fourth-order valence-electron chi connectivity index (χ4n) is 1.82. The molecular weight excluding hydrogens is 280 g/mol. The number of nitrogens with one attached hydrogen (secondary N) is 1. The molecule has 98 valence electrons. The second kappa shape index (κ2) is 7.19. The number of furan rings is 1. The minimum Gasteiger partial charge on any atom is -0.467 e. The summed E-state index contributed by atoms with van der Waals surface area (Å²) in [4.78, 5) is 2.28. The van der Waals surface area contributed by atoms with Crippen molar-refractivity contribution in [3.8, 4) is 0 Å². The van der Waals surface area contributed by atoms with Gasteiger partial charge in [0, 0.05) is 12.6 Å². The first kappa shape index (κ1) is 14.7. The summed E-state index contributed by atoms with van der Waals surface area (Å²) in [6.07, 6.45) is 2.91. The van der Waals surface area contributed by atoms with E-state index in [1.165, 1.54) is 6.42 Å². The van der Waals surface area contributed by atoms with Gasteiger partial charge in [-0.05, 0) is 48.4 Å². The van der Waals surface area contributed by atoms with Gasteiger partial charge in [-0.1, -0.05) is 13.8 Å². The summed E-state index contributed by atoms with van der Waals surface area (Å²) in [5.74, 6) is 1.69. The predicted octanol–water partition coefficient (Wildman–Crippen LogP) is 3.11. The van der Waals surface area contributed by atoms with Gasteiger partial charge in [0.2, 0.25) is 0 Å². The first-order valence-corrected chi connectivity index (χ1v) is 6.89. The van der Waals surface area contributed by atoms with Crippen LogP contribution in [0.15, 0.2) is 21.2 Å². The minimum atomic E-state index is 0.573. The largest absolute Gasteiger partial charge is 0.467 e. The van der Waals surface area contributed by atoms with Crippen LogP contribution in [0.3, 0.4) is 0 Å². The van der Waals surface area contributed by atoms with Gasteiger partial charge in [0.25, 0.3) is 0 Å². The summed E-state index contributed by atoms with van der Waals surface area (Å²) >= 11 is 3.46. The maximum absolute atomic E-state index is 5.36. The molecule has 1 N–H and O–H groups in total. The van der Waals surface area contributed by atoms with E-state index in [9.17, 15) is 0 Å². The molecule has 0 amide bonds. The molecule has 0 bridgehead atoms. The molecule has 1 heterocycles. The number of halogens is 1. The fourth-order valence-corrected chi connectivity index (χ4v) is 2.17. The second-order valence-electron chi connectivity index (χ2n) is 5.07. The van der Waals surface area contributed by atoms with Crippen molar-refractivity contribution >= 4 is 15.9 Å². The summed E-state index contributed by atoms with van der Waals surface area (Å²) in [5, 5.41) is 3.45. The molecule has 1 aromatic rings. The van der Waals surface area contributed by atoms with Crippen LogP contribution in [0.4, 0.5) is 0 Å². The summed E-state index contributed by atoms with van der Waals surface area (Å²) in [7, 11) is 4.27. The Balaban J connectivity index is 2.34. The zero-order chi connectivity index (χ0) is 12.8. The van der Waals surface area contributed by atoms with Gasteiger partial charge in [0.15, 0.2) is 0 Å². The molecule has 3 nitrogen and oxygen atoms in total. The van der Waals surface area contributed by atoms with Gasteiger partial charge >= 0.3 is 0 Å². The number of rotatable bonds is 7. The molecule has 0 spiro atoms. The highest BCUT2D eigenvalue weighted by atomic mass is 79.9. The average Bonchev–Trinajstić information content (AvgIpc) is 2.62. The quantitative estimate of drug-likeness (QED) is 0.839. The Morgan fingerprint density at radius 3 is 2.59 bits per heavy atom. The number of hydrogen-bond acceptors (Lipinski definition) is 3. The highest BCUT2D eigenvalue weighted by molar-refractivity contribution is 9.10. The van der Waals surface area contributed by atoms with Crippen molar-refractivity contribution in [1.29, 1.82) is 0 Å². The Morgan fingerprint density at radius 1 is 1.41 bits per heavy atom. The molecular formula is C13H23BrN2O. The number of likely N-dealkylation sites (N-methyl/N-ethyl adjacent to an activating group) is 1. The van der Waals surface area contributed by atoms with Gasteiger partial charge in [0.1, 0.15) is 5.76 Å². The predicted molar refractivity (Wildman–Crippen MR) is 75.0 cm³/mol. The molecule has 0 aromatic carbocycles. The van der Waals surface area contributed by atoms with Crippen molar-refractivity contribution in [2.24, 2.45) is 5.92 Å². The van der Waals surface area contributed by atoms with Gasteiger partial charge < -0.3 is 14.6 Å². The van der Waals surface area contributed by atoms with Crippen molar-refractivity contribution in [1.82, 2.24) is 10.2 Å². The lowest BCUT2D eigenvalue weighted by molar-refractivity contribution is 0.245. The van der Waals surface area contributed by atoms with E-state index in [1.807, 2.05) is 6.07 Å². The van der Waals surface area contributed by atoms with Gasteiger partial charge in [-0.15, -0.1) is 0 Å². The third-order valence-corrected chi connectivity index (χ3v) is 3.54. The van der Waals surface area contributed by atoms with E-state index >= 15 is 0 Å². The smallest absolute Gasteiger partial charge is 0.131 e. The third kappa shape index (κ3) is 5.23. The lowest BCUT2D eigenvalue weighted by Gasteiger charge is -2.26. The van der Waals surface area contributed by atoms with Crippen molar-refractivity contribution in [2.45, 2.75) is 32.9 Å². The van der Waals surface area contributed by atoms with E-state index in [-0.39, 0.29) is 0 Å². The van der Waals surface area contributed by atoms with Crippen LogP contribution in [0.1, 0.15) is 26.0 Å². The molecule has 0 radical (unpaired) electrons. The molecule has 0 fully saturated rings. The van der Waals surface area contributed by atoms with Crippen molar-refractivity contribution in [3.63, 3.8) is 0 Å². The highest BCUT2D eigenvalue weighted by Crippen LogP contribution is 2.17. The van der Waals surface area contributed by atoms with Gasteiger partial charge in [-0.25, -0.2) is 0 Å². The Morgan fingerprint density at radius 2 is 2.12 bits per heavy atom. The minimum absolute atomic E-state index is 0.573. The Hall–Kier alpha value is -0.320. The standard InChI is InChI=1S/C13H23BrN2O/c1-10(2)7-11(16(3)4)8-15-9-13-12(14)5-6-17-13/h5-6,10-11,15H,7-9H2,1-4H3. The highest BCUT2D eigenvalue weighted by Gasteiger charge is 2.13. The summed E-state index contributed by atoms with van der Waals surface area (Å²) in [6.45, 7) is 6.29. The molecule has 1 unspecified atom stereocenters. The molecule has 4 heteroatoms. The van der Waals surface area contributed by atoms with Crippen LogP contribution in [-0.4, -0.2) is 31.6 Å². The fraction of sp³-hybridized carbons (Fsp3) is 0.692. The molecule has 0 aliphatic carbocycles. The lowest BCUT2D eigenvalue weighted by Crippen LogP contribution is -2.38. The molecule has 1 aromatic heterocycles. The van der Waals surface area contributed by atoms with Gasteiger partial charge in [-0.2, -0.15) is 0 Å². The molecule has 0 saturated carbocycles. The number of hydrogen-bond donors (Lipinski definition) is 1. The van der Waals surface area contributed by atoms with Crippen molar-refractivity contribution in [3.05, 3.63) is 22.6 Å². The van der Waals surface area contributed by atoms with Crippen LogP contribution >= 0.6 is 15.9 Å². The molecule has 1 rings (SSSR count). The van der Waals surface area contributed by atoms with Crippen molar-refractivity contribution in [2.75, 3.05) is 20.6 Å². The monoisotopic (exact) mass is 302 g/mol.